The van der Waals surface area contributed by atoms with E-state index in [1.54, 1.807) is 6.07 Å². The second-order valence-corrected chi connectivity index (χ2v) is 5.04. The highest BCUT2D eigenvalue weighted by atomic mass is 35.5. The van der Waals surface area contributed by atoms with Crippen molar-refractivity contribution in [2.45, 2.75) is 18.8 Å². The molecule has 17 heavy (non-hydrogen) atoms. The fourth-order valence-corrected chi connectivity index (χ4v) is 2.04. The van der Waals surface area contributed by atoms with E-state index in [-0.39, 0.29) is 0 Å². The quantitative estimate of drug-likeness (QED) is 0.755. The molecule has 3 rings (SSSR count). The molecule has 1 aromatic heterocycles. The minimum atomic E-state index is 0.500. The van der Waals surface area contributed by atoms with Gasteiger partial charge in [0.2, 0.25) is 0 Å². The summed E-state index contributed by atoms with van der Waals surface area (Å²) in [6, 6.07) is 9.37. The maximum absolute atomic E-state index is 6.03. The fourth-order valence-electron chi connectivity index (χ4n) is 1.73. The van der Waals surface area contributed by atoms with Crippen molar-refractivity contribution in [1.29, 1.82) is 0 Å². The van der Waals surface area contributed by atoms with Gasteiger partial charge in [-0.15, -0.1) is 0 Å². The molecule has 0 atom stereocenters. The molecule has 4 heteroatoms. The van der Waals surface area contributed by atoms with Crippen molar-refractivity contribution in [3.8, 4) is 11.3 Å². The van der Waals surface area contributed by atoms with Crippen LogP contribution in [0.25, 0.3) is 11.3 Å². The summed E-state index contributed by atoms with van der Waals surface area (Å²) < 4.78 is 0. The first kappa shape index (κ1) is 11.0. The van der Waals surface area contributed by atoms with Crippen molar-refractivity contribution >= 4 is 23.2 Å². The summed E-state index contributed by atoms with van der Waals surface area (Å²) in [5.41, 5.74) is 1.88. The van der Waals surface area contributed by atoms with Gasteiger partial charge in [0.15, 0.2) is 0 Å². The normalized spacial score (nSPS) is 14.9. The fraction of sp³-hybridized carbons (Fsp3) is 0.231. The zero-order valence-corrected chi connectivity index (χ0v) is 10.5. The van der Waals surface area contributed by atoms with Gasteiger partial charge in [-0.2, -0.15) is 0 Å². The van der Waals surface area contributed by atoms with Crippen molar-refractivity contribution in [1.82, 2.24) is 9.97 Å². The van der Waals surface area contributed by atoms with Gasteiger partial charge in [0, 0.05) is 22.6 Å². The lowest BCUT2D eigenvalue weighted by molar-refractivity contribution is 0.931. The first-order chi connectivity index (χ1) is 8.22. The SMILES string of the molecule is Clc1ccc(-c2cc(Cl)nc(C3CC3)n2)cc1. The Morgan fingerprint density at radius 2 is 1.71 bits per heavy atom. The van der Waals surface area contributed by atoms with Gasteiger partial charge in [-0.25, -0.2) is 9.97 Å². The monoisotopic (exact) mass is 264 g/mol. The number of benzene rings is 1. The molecule has 1 aliphatic carbocycles. The summed E-state index contributed by atoms with van der Waals surface area (Å²) in [6.45, 7) is 0. The van der Waals surface area contributed by atoms with Crippen LogP contribution in [-0.2, 0) is 0 Å². The lowest BCUT2D eigenvalue weighted by Crippen LogP contribution is -1.95. The van der Waals surface area contributed by atoms with E-state index in [4.69, 9.17) is 23.2 Å². The molecular weight excluding hydrogens is 255 g/mol. The number of aromatic nitrogens is 2. The molecule has 0 aliphatic heterocycles. The molecule has 2 aromatic rings. The summed E-state index contributed by atoms with van der Waals surface area (Å²) in [4.78, 5) is 8.82. The Bertz CT molecular complexity index is 548. The second-order valence-electron chi connectivity index (χ2n) is 4.22. The first-order valence-corrected chi connectivity index (χ1v) is 6.28. The van der Waals surface area contributed by atoms with E-state index < -0.39 is 0 Å². The molecule has 0 saturated heterocycles. The highest BCUT2D eigenvalue weighted by Gasteiger charge is 2.27. The van der Waals surface area contributed by atoms with Crippen LogP contribution < -0.4 is 0 Å². The van der Waals surface area contributed by atoms with Gasteiger partial charge >= 0.3 is 0 Å². The van der Waals surface area contributed by atoms with Crippen LogP contribution >= 0.6 is 23.2 Å². The molecule has 1 fully saturated rings. The van der Waals surface area contributed by atoms with E-state index in [1.807, 2.05) is 24.3 Å². The third-order valence-corrected chi connectivity index (χ3v) is 3.24. The maximum atomic E-state index is 6.03. The van der Waals surface area contributed by atoms with Crippen LogP contribution in [0, 0.1) is 0 Å². The van der Waals surface area contributed by atoms with Gasteiger partial charge in [0.1, 0.15) is 11.0 Å². The van der Waals surface area contributed by atoms with Crippen LogP contribution in [0.4, 0.5) is 0 Å². The Morgan fingerprint density at radius 3 is 2.35 bits per heavy atom. The smallest absolute Gasteiger partial charge is 0.133 e. The lowest BCUT2D eigenvalue weighted by Gasteiger charge is -2.04. The predicted molar refractivity (Wildman–Crippen MR) is 69.5 cm³/mol. The Labute approximate surface area is 110 Å². The molecule has 0 N–H and O–H groups in total. The zero-order chi connectivity index (χ0) is 11.8. The first-order valence-electron chi connectivity index (χ1n) is 5.53. The average Bonchev–Trinajstić information content (AvgIpc) is 3.13. The number of halogens is 2. The van der Waals surface area contributed by atoms with E-state index in [0.29, 0.717) is 11.1 Å². The topological polar surface area (TPSA) is 25.8 Å². The Kier molecular flexibility index (Phi) is 2.77. The van der Waals surface area contributed by atoms with Crippen LogP contribution in [0.5, 0.6) is 0 Å². The van der Waals surface area contributed by atoms with Gasteiger partial charge in [-0.05, 0) is 25.0 Å². The molecule has 1 saturated carbocycles. The molecule has 0 spiro atoms. The number of rotatable bonds is 2. The summed E-state index contributed by atoms with van der Waals surface area (Å²) in [5, 5.41) is 1.23. The number of nitrogens with zero attached hydrogens (tertiary/aromatic N) is 2. The van der Waals surface area contributed by atoms with Crippen molar-refractivity contribution in [2.24, 2.45) is 0 Å². The zero-order valence-electron chi connectivity index (χ0n) is 9.03. The van der Waals surface area contributed by atoms with Crippen LogP contribution in [-0.4, -0.2) is 9.97 Å². The largest absolute Gasteiger partial charge is 0.232 e. The van der Waals surface area contributed by atoms with Crippen molar-refractivity contribution in [3.63, 3.8) is 0 Å². The summed E-state index contributed by atoms with van der Waals surface area (Å²) in [5.74, 6) is 1.36. The molecule has 0 bridgehead atoms. The third kappa shape index (κ3) is 2.43. The molecule has 2 nitrogen and oxygen atoms in total. The molecule has 1 aliphatic rings. The van der Waals surface area contributed by atoms with Gasteiger partial charge < -0.3 is 0 Å². The summed E-state index contributed by atoms with van der Waals surface area (Å²) >= 11 is 11.9. The highest BCUT2D eigenvalue weighted by Crippen LogP contribution is 2.39. The molecule has 86 valence electrons. The third-order valence-electron chi connectivity index (χ3n) is 2.79. The predicted octanol–water partition coefficient (Wildman–Crippen LogP) is 4.33. The lowest BCUT2D eigenvalue weighted by atomic mass is 10.1. The van der Waals surface area contributed by atoms with Crippen LogP contribution in [0.2, 0.25) is 10.2 Å². The highest BCUT2D eigenvalue weighted by molar-refractivity contribution is 6.30. The van der Waals surface area contributed by atoms with Crippen molar-refractivity contribution in [3.05, 3.63) is 46.3 Å². The van der Waals surface area contributed by atoms with Crippen LogP contribution in [0.15, 0.2) is 30.3 Å². The Morgan fingerprint density at radius 1 is 1.00 bits per heavy atom. The minimum absolute atomic E-state index is 0.500. The van der Waals surface area contributed by atoms with Gasteiger partial charge in [0.05, 0.1) is 5.69 Å². The van der Waals surface area contributed by atoms with E-state index in [9.17, 15) is 0 Å². The standard InChI is InChI=1S/C13H10Cl2N2/c14-10-5-3-8(4-6-10)11-7-12(15)17-13(16-11)9-1-2-9/h3-7,9H,1-2H2. The van der Waals surface area contributed by atoms with E-state index >= 15 is 0 Å². The average molecular weight is 265 g/mol. The summed E-state index contributed by atoms with van der Waals surface area (Å²) in [7, 11) is 0. The van der Waals surface area contributed by atoms with Gasteiger partial charge in [-0.3, -0.25) is 0 Å². The van der Waals surface area contributed by atoms with Crippen LogP contribution in [0.3, 0.4) is 0 Å². The molecule has 0 amide bonds. The van der Waals surface area contributed by atoms with E-state index in [1.165, 1.54) is 12.8 Å². The second kappa shape index (κ2) is 4.28. The van der Waals surface area contributed by atoms with E-state index in [0.717, 1.165) is 22.1 Å². The molecular formula is C13H10Cl2N2. The minimum Gasteiger partial charge on any atom is -0.232 e. The maximum Gasteiger partial charge on any atom is 0.133 e. The Hall–Kier alpha value is -1.12. The van der Waals surface area contributed by atoms with Crippen molar-refractivity contribution < 1.29 is 0 Å². The number of hydrogen-bond donors (Lipinski definition) is 0. The van der Waals surface area contributed by atoms with Crippen LogP contribution in [0.1, 0.15) is 24.6 Å². The summed E-state index contributed by atoms with van der Waals surface area (Å²) in [6.07, 6.45) is 2.33. The molecule has 1 aromatic carbocycles. The molecule has 0 unspecified atom stereocenters. The Balaban J connectivity index is 2.04. The molecule has 1 heterocycles. The van der Waals surface area contributed by atoms with Crippen molar-refractivity contribution in [2.75, 3.05) is 0 Å². The molecule has 0 radical (unpaired) electrons. The van der Waals surface area contributed by atoms with Gasteiger partial charge in [-0.1, -0.05) is 35.3 Å². The van der Waals surface area contributed by atoms with E-state index in [2.05, 4.69) is 9.97 Å². The number of hydrogen-bond acceptors (Lipinski definition) is 2. The van der Waals surface area contributed by atoms with Gasteiger partial charge in [0.25, 0.3) is 0 Å².